The lowest BCUT2D eigenvalue weighted by Crippen LogP contribution is -2.24. The second-order valence-corrected chi connectivity index (χ2v) is 6.64. The zero-order chi connectivity index (χ0) is 16.7. The Hall–Kier alpha value is -2.54. The molecule has 0 aliphatic carbocycles. The zero-order valence-electron chi connectivity index (χ0n) is 13.0. The first-order valence-electron chi connectivity index (χ1n) is 7.09. The van der Waals surface area contributed by atoms with E-state index in [2.05, 4.69) is 4.98 Å². The van der Waals surface area contributed by atoms with Gasteiger partial charge in [-0.2, -0.15) is 0 Å². The highest BCUT2D eigenvalue weighted by Crippen LogP contribution is 2.26. The standard InChI is InChI=1S/C16H15N3O3S/c1-9-10(2)23-15-14(9)16(20)18(11(3)17-15)8-12-4-6-13(7-5-12)19(21)22/h4-7H,8H2,1-3H3. The summed E-state index contributed by atoms with van der Waals surface area (Å²) in [4.78, 5) is 29.4. The minimum Gasteiger partial charge on any atom is -0.292 e. The molecule has 2 aromatic heterocycles. The summed E-state index contributed by atoms with van der Waals surface area (Å²) in [7, 11) is 0. The van der Waals surface area contributed by atoms with Gasteiger partial charge in [0.2, 0.25) is 0 Å². The third-order valence-corrected chi connectivity index (χ3v) is 5.07. The fourth-order valence-electron chi connectivity index (χ4n) is 2.52. The Bertz CT molecular complexity index is 971. The molecule has 3 rings (SSSR count). The van der Waals surface area contributed by atoms with Gasteiger partial charge in [0.1, 0.15) is 10.7 Å². The predicted molar refractivity (Wildman–Crippen MR) is 90.3 cm³/mol. The molecule has 0 unspecified atom stereocenters. The average Bonchev–Trinajstić information content (AvgIpc) is 2.78. The maximum atomic E-state index is 12.8. The molecule has 0 bridgehead atoms. The number of thiophene rings is 1. The molecule has 0 N–H and O–H groups in total. The van der Waals surface area contributed by atoms with Crippen molar-refractivity contribution in [2.75, 3.05) is 0 Å². The van der Waals surface area contributed by atoms with Gasteiger partial charge in [0.15, 0.2) is 0 Å². The molecule has 0 aliphatic heterocycles. The largest absolute Gasteiger partial charge is 0.292 e. The first-order valence-corrected chi connectivity index (χ1v) is 7.90. The van der Waals surface area contributed by atoms with Crippen molar-refractivity contribution in [1.82, 2.24) is 9.55 Å². The number of aromatic nitrogens is 2. The van der Waals surface area contributed by atoms with E-state index in [1.54, 1.807) is 23.6 Å². The van der Waals surface area contributed by atoms with Crippen LogP contribution in [-0.4, -0.2) is 14.5 Å². The van der Waals surface area contributed by atoms with Gasteiger partial charge in [-0.05, 0) is 31.9 Å². The molecule has 0 aliphatic rings. The van der Waals surface area contributed by atoms with Gasteiger partial charge in [-0.25, -0.2) is 4.98 Å². The van der Waals surface area contributed by atoms with Gasteiger partial charge in [0.25, 0.3) is 11.2 Å². The van der Waals surface area contributed by atoms with Gasteiger partial charge in [-0.1, -0.05) is 12.1 Å². The molecule has 3 aromatic rings. The van der Waals surface area contributed by atoms with Gasteiger partial charge in [0.05, 0.1) is 16.9 Å². The van der Waals surface area contributed by atoms with E-state index in [0.717, 1.165) is 20.8 Å². The number of nitro groups is 1. The summed E-state index contributed by atoms with van der Waals surface area (Å²) < 4.78 is 1.61. The van der Waals surface area contributed by atoms with E-state index in [9.17, 15) is 14.9 Å². The lowest BCUT2D eigenvalue weighted by Gasteiger charge is -2.09. The van der Waals surface area contributed by atoms with Crippen molar-refractivity contribution >= 4 is 27.2 Å². The highest BCUT2D eigenvalue weighted by Gasteiger charge is 2.15. The maximum Gasteiger partial charge on any atom is 0.269 e. The first kappa shape index (κ1) is 15.4. The van der Waals surface area contributed by atoms with Gasteiger partial charge >= 0.3 is 0 Å². The highest BCUT2D eigenvalue weighted by molar-refractivity contribution is 7.18. The third kappa shape index (κ3) is 2.63. The van der Waals surface area contributed by atoms with E-state index in [4.69, 9.17) is 0 Å². The van der Waals surface area contributed by atoms with Crippen LogP contribution in [0.4, 0.5) is 5.69 Å². The molecule has 23 heavy (non-hydrogen) atoms. The lowest BCUT2D eigenvalue weighted by atomic mass is 10.2. The van der Waals surface area contributed by atoms with Gasteiger partial charge in [0, 0.05) is 17.0 Å². The Kier molecular flexibility index (Phi) is 3.73. The lowest BCUT2D eigenvalue weighted by molar-refractivity contribution is -0.384. The van der Waals surface area contributed by atoms with E-state index < -0.39 is 4.92 Å². The highest BCUT2D eigenvalue weighted by atomic mass is 32.1. The molecule has 0 amide bonds. The smallest absolute Gasteiger partial charge is 0.269 e. The van der Waals surface area contributed by atoms with E-state index in [1.807, 2.05) is 13.8 Å². The summed E-state index contributed by atoms with van der Waals surface area (Å²) in [5.41, 5.74) is 1.77. The van der Waals surface area contributed by atoms with E-state index in [-0.39, 0.29) is 11.2 Å². The molecule has 0 saturated carbocycles. The maximum absolute atomic E-state index is 12.8. The number of hydrogen-bond acceptors (Lipinski definition) is 5. The number of nitro benzene ring substituents is 1. The number of non-ortho nitro benzene ring substituents is 1. The molecule has 0 fully saturated rings. The summed E-state index contributed by atoms with van der Waals surface area (Å²) in [6.07, 6.45) is 0. The minimum absolute atomic E-state index is 0.0377. The van der Waals surface area contributed by atoms with E-state index in [0.29, 0.717) is 17.8 Å². The monoisotopic (exact) mass is 329 g/mol. The molecule has 118 valence electrons. The second kappa shape index (κ2) is 5.58. The van der Waals surface area contributed by atoms with Gasteiger partial charge in [-0.15, -0.1) is 11.3 Å². The first-order chi connectivity index (χ1) is 10.9. The van der Waals surface area contributed by atoms with Crippen molar-refractivity contribution in [3.05, 3.63) is 66.6 Å². The van der Waals surface area contributed by atoms with Gasteiger partial charge in [-0.3, -0.25) is 19.5 Å². The molecular formula is C16H15N3O3S. The Morgan fingerprint density at radius 3 is 2.48 bits per heavy atom. The van der Waals surface area contributed by atoms with Gasteiger partial charge < -0.3 is 0 Å². The van der Waals surface area contributed by atoms with Crippen LogP contribution in [0.25, 0.3) is 10.2 Å². The number of aryl methyl sites for hydroxylation is 3. The summed E-state index contributed by atoms with van der Waals surface area (Å²) in [5.74, 6) is 0.641. The summed E-state index contributed by atoms with van der Waals surface area (Å²) >= 11 is 1.53. The van der Waals surface area contributed by atoms with Crippen molar-refractivity contribution in [3.8, 4) is 0 Å². The van der Waals surface area contributed by atoms with Crippen molar-refractivity contribution in [2.45, 2.75) is 27.3 Å². The number of fused-ring (bicyclic) bond motifs is 1. The molecule has 1 aromatic carbocycles. The van der Waals surface area contributed by atoms with Crippen LogP contribution >= 0.6 is 11.3 Å². The van der Waals surface area contributed by atoms with Crippen LogP contribution in [0.2, 0.25) is 0 Å². The number of rotatable bonds is 3. The molecular weight excluding hydrogens is 314 g/mol. The molecule has 0 radical (unpaired) electrons. The van der Waals surface area contributed by atoms with Crippen LogP contribution in [0, 0.1) is 30.9 Å². The van der Waals surface area contributed by atoms with Crippen molar-refractivity contribution < 1.29 is 4.92 Å². The number of hydrogen-bond donors (Lipinski definition) is 0. The minimum atomic E-state index is -0.438. The quantitative estimate of drug-likeness (QED) is 0.545. The van der Waals surface area contributed by atoms with Crippen LogP contribution in [0.1, 0.15) is 21.8 Å². The third-order valence-electron chi connectivity index (χ3n) is 3.97. The van der Waals surface area contributed by atoms with E-state index >= 15 is 0 Å². The number of nitrogens with zero attached hydrogens (tertiary/aromatic N) is 3. The topological polar surface area (TPSA) is 78.0 Å². The fourth-order valence-corrected chi connectivity index (χ4v) is 3.59. The SMILES string of the molecule is Cc1sc2nc(C)n(Cc3ccc([N+](=O)[O-])cc3)c(=O)c2c1C. The molecule has 7 heteroatoms. The molecule has 0 spiro atoms. The van der Waals surface area contributed by atoms with Crippen LogP contribution in [0.5, 0.6) is 0 Å². The summed E-state index contributed by atoms with van der Waals surface area (Å²) in [6, 6.07) is 6.23. The molecule has 0 saturated heterocycles. The van der Waals surface area contributed by atoms with Crippen LogP contribution in [0.15, 0.2) is 29.1 Å². The Labute approximate surface area is 136 Å². The zero-order valence-corrected chi connectivity index (χ0v) is 13.8. The van der Waals surface area contributed by atoms with E-state index in [1.165, 1.54) is 23.5 Å². The summed E-state index contributed by atoms with van der Waals surface area (Å²) in [6.45, 7) is 6.07. The average molecular weight is 329 g/mol. The van der Waals surface area contributed by atoms with Crippen LogP contribution < -0.4 is 5.56 Å². The predicted octanol–water partition coefficient (Wildman–Crippen LogP) is 3.34. The van der Waals surface area contributed by atoms with Crippen molar-refractivity contribution in [1.29, 1.82) is 0 Å². The Morgan fingerprint density at radius 1 is 1.22 bits per heavy atom. The van der Waals surface area contributed by atoms with Crippen LogP contribution in [-0.2, 0) is 6.54 Å². The Morgan fingerprint density at radius 2 is 1.87 bits per heavy atom. The fraction of sp³-hybridized carbons (Fsp3) is 0.250. The second-order valence-electron chi connectivity index (χ2n) is 5.44. The van der Waals surface area contributed by atoms with Crippen molar-refractivity contribution in [3.63, 3.8) is 0 Å². The normalized spacial score (nSPS) is 11.1. The van der Waals surface area contributed by atoms with Crippen LogP contribution in [0.3, 0.4) is 0 Å². The molecule has 6 nitrogen and oxygen atoms in total. The molecule has 0 atom stereocenters. The summed E-state index contributed by atoms with van der Waals surface area (Å²) in [5, 5.41) is 11.4. The Balaban J connectivity index is 2.07. The number of benzene rings is 1. The molecule has 2 heterocycles. The van der Waals surface area contributed by atoms with Crippen molar-refractivity contribution in [2.24, 2.45) is 0 Å².